The maximum absolute atomic E-state index is 9.50. The van der Waals surface area contributed by atoms with Crippen molar-refractivity contribution < 1.29 is 5.11 Å². The molecule has 84 valence electrons. The van der Waals surface area contributed by atoms with Crippen molar-refractivity contribution in [2.24, 2.45) is 0 Å². The Hall–Kier alpha value is -0.380. The van der Waals surface area contributed by atoms with Crippen LogP contribution in [-0.2, 0) is 5.41 Å². The minimum absolute atomic E-state index is 0.0295. The Bertz CT molecular complexity index is 332. The molecule has 1 aromatic rings. The van der Waals surface area contributed by atoms with Crippen molar-refractivity contribution in [3.8, 4) is 0 Å². The topological polar surface area (TPSA) is 46.0 Å². The molecule has 0 radical (unpaired) electrons. The quantitative estimate of drug-likeness (QED) is 0.892. The standard InChI is InChI=1S/C10H14Cl2N2O/c1-3-10(4-2,6-15)7-5-8(11)13-14-9(7)12/h5,15H,3-4,6H2,1-2H3. The van der Waals surface area contributed by atoms with Gasteiger partial charge in [0, 0.05) is 11.0 Å². The SMILES string of the molecule is CCC(CC)(CO)c1cc(Cl)nnc1Cl. The van der Waals surface area contributed by atoms with E-state index in [1.54, 1.807) is 6.07 Å². The molecule has 1 N–H and O–H groups in total. The van der Waals surface area contributed by atoms with Crippen LogP contribution in [0.3, 0.4) is 0 Å². The van der Waals surface area contributed by atoms with Gasteiger partial charge >= 0.3 is 0 Å². The van der Waals surface area contributed by atoms with Crippen molar-refractivity contribution in [3.05, 3.63) is 21.9 Å². The number of aromatic nitrogens is 2. The third kappa shape index (κ3) is 2.41. The van der Waals surface area contributed by atoms with Crippen LogP contribution in [0.4, 0.5) is 0 Å². The van der Waals surface area contributed by atoms with E-state index in [4.69, 9.17) is 23.2 Å². The Morgan fingerprint density at radius 1 is 1.27 bits per heavy atom. The first kappa shape index (κ1) is 12.7. The molecular formula is C10H14Cl2N2O. The summed E-state index contributed by atoms with van der Waals surface area (Å²) in [4.78, 5) is 0. The Morgan fingerprint density at radius 3 is 2.33 bits per heavy atom. The number of hydrogen-bond acceptors (Lipinski definition) is 3. The summed E-state index contributed by atoms with van der Waals surface area (Å²) in [7, 11) is 0. The van der Waals surface area contributed by atoms with Gasteiger partial charge < -0.3 is 5.11 Å². The molecule has 1 aromatic heterocycles. The number of hydrogen-bond donors (Lipinski definition) is 1. The Labute approximate surface area is 99.4 Å². The zero-order valence-electron chi connectivity index (χ0n) is 8.80. The van der Waals surface area contributed by atoms with Crippen LogP contribution < -0.4 is 0 Å². The second kappa shape index (κ2) is 5.10. The second-order valence-electron chi connectivity index (χ2n) is 3.52. The van der Waals surface area contributed by atoms with Gasteiger partial charge in [0.05, 0.1) is 6.61 Å². The first-order valence-electron chi connectivity index (χ1n) is 4.89. The lowest BCUT2D eigenvalue weighted by molar-refractivity contribution is 0.182. The molecule has 0 spiro atoms. The average Bonchev–Trinajstić information content (AvgIpc) is 2.26. The van der Waals surface area contributed by atoms with Gasteiger partial charge in [0.1, 0.15) is 0 Å². The maximum atomic E-state index is 9.50. The van der Waals surface area contributed by atoms with Gasteiger partial charge in [0.15, 0.2) is 10.3 Å². The zero-order valence-corrected chi connectivity index (χ0v) is 10.3. The highest BCUT2D eigenvalue weighted by atomic mass is 35.5. The summed E-state index contributed by atoms with van der Waals surface area (Å²) in [5.74, 6) is 0. The minimum atomic E-state index is -0.364. The predicted octanol–water partition coefficient (Wildman–Crippen LogP) is 2.83. The molecule has 0 fully saturated rings. The largest absolute Gasteiger partial charge is 0.395 e. The van der Waals surface area contributed by atoms with Gasteiger partial charge in [-0.2, -0.15) is 0 Å². The van der Waals surface area contributed by atoms with Crippen molar-refractivity contribution in [1.82, 2.24) is 10.2 Å². The molecule has 3 nitrogen and oxygen atoms in total. The van der Waals surface area contributed by atoms with Crippen molar-refractivity contribution in [2.75, 3.05) is 6.61 Å². The number of aliphatic hydroxyl groups is 1. The van der Waals surface area contributed by atoms with Crippen molar-refractivity contribution >= 4 is 23.2 Å². The van der Waals surface area contributed by atoms with Crippen molar-refractivity contribution in [3.63, 3.8) is 0 Å². The van der Waals surface area contributed by atoms with Gasteiger partial charge in [-0.1, -0.05) is 37.0 Å². The van der Waals surface area contributed by atoms with Gasteiger partial charge in [-0.15, -0.1) is 10.2 Å². The van der Waals surface area contributed by atoms with E-state index in [0.717, 1.165) is 18.4 Å². The molecule has 0 atom stereocenters. The minimum Gasteiger partial charge on any atom is -0.395 e. The maximum Gasteiger partial charge on any atom is 0.155 e. The van der Waals surface area contributed by atoms with E-state index in [1.165, 1.54) is 0 Å². The monoisotopic (exact) mass is 248 g/mol. The van der Waals surface area contributed by atoms with Crippen LogP contribution in [0.2, 0.25) is 10.3 Å². The first-order valence-corrected chi connectivity index (χ1v) is 5.65. The molecule has 0 amide bonds. The molecule has 0 aromatic carbocycles. The molecule has 0 aliphatic heterocycles. The summed E-state index contributed by atoms with van der Waals surface area (Å²) >= 11 is 11.8. The van der Waals surface area contributed by atoms with E-state index in [0.29, 0.717) is 10.3 Å². The van der Waals surface area contributed by atoms with Crippen LogP contribution in [0.15, 0.2) is 6.07 Å². The summed E-state index contributed by atoms with van der Waals surface area (Å²) < 4.78 is 0. The average molecular weight is 249 g/mol. The lowest BCUT2D eigenvalue weighted by atomic mass is 9.77. The van der Waals surface area contributed by atoms with Crippen molar-refractivity contribution in [2.45, 2.75) is 32.1 Å². The smallest absolute Gasteiger partial charge is 0.155 e. The summed E-state index contributed by atoms with van der Waals surface area (Å²) in [6.07, 6.45) is 1.56. The van der Waals surface area contributed by atoms with Crippen molar-refractivity contribution in [1.29, 1.82) is 0 Å². The molecule has 0 saturated heterocycles. The van der Waals surface area contributed by atoms with E-state index in [9.17, 15) is 5.11 Å². The molecule has 0 unspecified atom stereocenters. The Morgan fingerprint density at radius 2 is 1.87 bits per heavy atom. The number of aliphatic hydroxyl groups excluding tert-OH is 1. The van der Waals surface area contributed by atoms with Crippen LogP contribution in [0.5, 0.6) is 0 Å². The molecule has 0 aliphatic carbocycles. The molecule has 5 heteroatoms. The molecule has 15 heavy (non-hydrogen) atoms. The Balaban J connectivity index is 3.27. The van der Waals surface area contributed by atoms with E-state index < -0.39 is 0 Å². The van der Waals surface area contributed by atoms with E-state index >= 15 is 0 Å². The molecule has 0 bridgehead atoms. The van der Waals surface area contributed by atoms with Crippen LogP contribution in [0.1, 0.15) is 32.3 Å². The highest BCUT2D eigenvalue weighted by molar-refractivity contribution is 6.31. The van der Waals surface area contributed by atoms with Gasteiger partial charge in [-0.25, -0.2) is 0 Å². The lowest BCUT2D eigenvalue weighted by Crippen LogP contribution is -2.29. The first-order chi connectivity index (χ1) is 7.09. The fourth-order valence-electron chi connectivity index (χ4n) is 1.66. The molecule has 0 saturated carbocycles. The van der Waals surface area contributed by atoms with Crippen LogP contribution in [0, 0.1) is 0 Å². The second-order valence-corrected chi connectivity index (χ2v) is 4.26. The molecule has 1 rings (SSSR count). The highest BCUT2D eigenvalue weighted by Gasteiger charge is 2.31. The zero-order chi connectivity index (χ0) is 11.5. The van der Waals surface area contributed by atoms with E-state index in [2.05, 4.69) is 10.2 Å². The van der Waals surface area contributed by atoms with Crippen LogP contribution in [-0.4, -0.2) is 21.9 Å². The fourth-order valence-corrected chi connectivity index (χ4v) is 2.10. The van der Waals surface area contributed by atoms with E-state index in [1.807, 2.05) is 13.8 Å². The molecular weight excluding hydrogens is 235 g/mol. The fraction of sp³-hybridized carbons (Fsp3) is 0.600. The normalized spacial score (nSPS) is 11.8. The Kier molecular flexibility index (Phi) is 4.32. The third-order valence-corrected chi connectivity index (χ3v) is 3.41. The van der Waals surface area contributed by atoms with Gasteiger partial charge in [0.2, 0.25) is 0 Å². The highest BCUT2D eigenvalue weighted by Crippen LogP contribution is 2.35. The number of rotatable bonds is 4. The van der Waals surface area contributed by atoms with Gasteiger partial charge in [0.25, 0.3) is 0 Å². The summed E-state index contributed by atoms with van der Waals surface area (Å²) in [6.45, 7) is 4.04. The predicted molar refractivity (Wildman–Crippen MR) is 61.4 cm³/mol. The molecule has 1 heterocycles. The summed E-state index contributed by atoms with van der Waals surface area (Å²) in [6, 6.07) is 1.68. The summed E-state index contributed by atoms with van der Waals surface area (Å²) in [5, 5.41) is 17.5. The third-order valence-electron chi connectivity index (χ3n) is 2.95. The summed E-state index contributed by atoms with van der Waals surface area (Å²) in [5.41, 5.74) is 0.410. The van der Waals surface area contributed by atoms with Gasteiger partial charge in [-0.05, 0) is 18.9 Å². The number of halogens is 2. The van der Waals surface area contributed by atoms with Crippen LogP contribution in [0.25, 0.3) is 0 Å². The number of nitrogens with zero attached hydrogens (tertiary/aromatic N) is 2. The van der Waals surface area contributed by atoms with Gasteiger partial charge in [-0.3, -0.25) is 0 Å². The van der Waals surface area contributed by atoms with Crippen LogP contribution >= 0.6 is 23.2 Å². The molecule has 0 aliphatic rings. The van der Waals surface area contributed by atoms with E-state index in [-0.39, 0.29) is 12.0 Å². The lowest BCUT2D eigenvalue weighted by Gasteiger charge is -2.30.